The van der Waals surface area contributed by atoms with Crippen molar-refractivity contribution >= 4 is 27.3 Å². The van der Waals surface area contributed by atoms with Crippen molar-refractivity contribution in [2.24, 2.45) is 0 Å². The van der Waals surface area contributed by atoms with E-state index in [4.69, 9.17) is 0 Å². The van der Waals surface area contributed by atoms with Crippen molar-refractivity contribution in [1.29, 1.82) is 0 Å². The third-order valence-electron chi connectivity index (χ3n) is 5.58. The van der Waals surface area contributed by atoms with Crippen molar-refractivity contribution in [1.82, 2.24) is 19.5 Å². The molecule has 0 unspecified atom stereocenters. The molecule has 0 aliphatic rings. The van der Waals surface area contributed by atoms with Crippen LogP contribution in [0.3, 0.4) is 0 Å². The molecule has 4 aromatic rings. The molecule has 0 fully saturated rings. The fourth-order valence-electron chi connectivity index (χ4n) is 3.84. The predicted molar refractivity (Wildman–Crippen MR) is 133 cm³/mol. The van der Waals surface area contributed by atoms with Crippen molar-refractivity contribution < 1.29 is 11.0 Å². The molecule has 6 N–H and O–H groups in total. The van der Waals surface area contributed by atoms with Gasteiger partial charge < -0.3 is 21.6 Å². The molecule has 0 spiro atoms. The fourth-order valence-corrected chi connectivity index (χ4v) is 4.64. The third-order valence-corrected chi connectivity index (χ3v) is 6.44. The first-order valence-corrected chi connectivity index (χ1v) is 11.3. The normalized spacial score (nSPS) is 10.6. The highest BCUT2D eigenvalue weighted by Gasteiger charge is 2.10. The maximum Gasteiger partial charge on any atom is 0.0811 e. The minimum atomic E-state index is 0. The summed E-state index contributed by atoms with van der Waals surface area (Å²) >= 11 is 1.56. The Hall–Kier alpha value is -2.78. The van der Waals surface area contributed by atoms with Gasteiger partial charge in [-0.3, -0.25) is 4.68 Å². The lowest BCUT2D eigenvalue weighted by Gasteiger charge is -2.08. The zero-order valence-corrected chi connectivity index (χ0v) is 19.7. The molecule has 0 radical (unpaired) electrons. The van der Waals surface area contributed by atoms with Crippen LogP contribution in [0, 0.1) is 13.8 Å². The summed E-state index contributed by atoms with van der Waals surface area (Å²) in [5.41, 5.74) is 7.34. The van der Waals surface area contributed by atoms with E-state index < -0.39 is 0 Å². The fraction of sp³-hybridized carbons (Fsp3) is 0.333. The first-order chi connectivity index (χ1) is 14.7. The summed E-state index contributed by atoms with van der Waals surface area (Å²) in [5.74, 6) is 0. The first-order valence-electron chi connectivity index (χ1n) is 10.6. The van der Waals surface area contributed by atoms with Gasteiger partial charge in [0.2, 0.25) is 0 Å². The van der Waals surface area contributed by atoms with Gasteiger partial charge in [0.15, 0.2) is 0 Å². The van der Waals surface area contributed by atoms with Crippen molar-refractivity contribution in [3.05, 3.63) is 76.7 Å². The van der Waals surface area contributed by atoms with E-state index in [1.807, 2.05) is 0 Å². The lowest BCUT2D eigenvalue weighted by molar-refractivity contribution is 0.632. The summed E-state index contributed by atoms with van der Waals surface area (Å²) in [6.45, 7) is 9.91. The van der Waals surface area contributed by atoms with Crippen molar-refractivity contribution in [3.63, 3.8) is 0 Å². The molecule has 0 atom stereocenters. The Morgan fingerprint density at radius 3 is 2.44 bits per heavy atom. The van der Waals surface area contributed by atoms with Gasteiger partial charge in [-0.25, -0.2) is 0 Å². The number of rotatable bonds is 9. The van der Waals surface area contributed by atoms with Crippen LogP contribution >= 0.6 is 11.5 Å². The van der Waals surface area contributed by atoms with Gasteiger partial charge in [0, 0.05) is 29.9 Å². The second-order valence-corrected chi connectivity index (χ2v) is 8.37. The maximum absolute atomic E-state index is 4.61. The molecule has 2 aromatic carbocycles. The van der Waals surface area contributed by atoms with Gasteiger partial charge in [0.05, 0.1) is 22.6 Å². The molecule has 0 saturated carbocycles. The highest BCUT2D eigenvalue weighted by molar-refractivity contribution is 7.13. The van der Waals surface area contributed by atoms with Crippen LogP contribution in [0.2, 0.25) is 0 Å². The lowest BCUT2D eigenvalue weighted by atomic mass is 10.1. The summed E-state index contributed by atoms with van der Waals surface area (Å²) in [4.78, 5) is 0. The van der Waals surface area contributed by atoms with Crippen molar-refractivity contribution in [2.75, 3.05) is 11.9 Å². The molecule has 2 aromatic heterocycles. The van der Waals surface area contributed by atoms with E-state index in [0.717, 1.165) is 49.7 Å². The standard InChI is InChI=1S/C24H29N5S.2H2O/c1-4-29-18(3)21(17(2)27-29)13-14-25-15-19-9-11-20(12-10-19)26-16-23-22-7-5-6-8-24(22)30-28-23;;/h5-12,25-26H,4,13-16H2,1-3H3;2*1H2. The van der Waals surface area contributed by atoms with Crippen LogP contribution < -0.4 is 10.6 Å². The molecule has 32 heavy (non-hydrogen) atoms. The predicted octanol–water partition coefficient (Wildman–Crippen LogP) is 3.42. The SMILES string of the molecule is CCn1nc(C)c(CCNCc2ccc(NCc3nsc4ccccc34)cc2)c1C.O.O. The minimum Gasteiger partial charge on any atom is -0.412 e. The Morgan fingerprint density at radius 1 is 0.969 bits per heavy atom. The molecule has 0 aliphatic carbocycles. The van der Waals surface area contributed by atoms with Crippen LogP contribution in [0.15, 0.2) is 48.5 Å². The molecule has 0 amide bonds. The van der Waals surface area contributed by atoms with Crippen LogP contribution in [0.25, 0.3) is 10.1 Å². The second kappa shape index (κ2) is 11.7. The maximum atomic E-state index is 4.61. The zero-order valence-electron chi connectivity index (χ0n) is 18.9. The van der Waals surface area contributed by atoms with Gasteiger partial charge in [0.25, 0.3) is 0 Å². The Balaban J connectivity index is 0.00000181. The van der Waals surface area contributed by atoms with E-state index >= 15 is 0 Å². The largest absolute Gasteiger partial charge is 0.412 e. The molecule has 8 heteroatoms. The number of hydrogen-bond acceptors (Lipinski definition) is 5. The van der Waals surface area contributed by atoms with Gasteiger partial charge in [0.1, 0.15) is 0 Å². The summed E-state index contributed by atoms with van der Waals surface area (Å²) in [6, 6.07) is 17.0. The Bertz CT molecular complexity index is 1120. The van der Waals surface area contributed by atoms with Crippen LogP contribution in [0.4, 0.5) is 5.69 Å². The number of fused-ring (bicyclic) bond motifs is 1. The molecule has 0 saturated heterocycles. The molecule has 0 aliphatic heterocycles. The van der Waals surface area contributed by atoms with Crippen molar-refractivity contribution in [3.8, 4) is 0 Å². The Kier molecular flexibility index (Phi) is 9.34. The molecule has 2 heterocycles. The number of aryl methyl sites for hydroxylation is 2. The second-order valence-electron chi connectivity index (χ2n) is 7.57. The summed E-state index contributed by atoms with van der Waals surface area (Å²) in [5, 5.41) is 12.9. The molecule has 0 bridgehead atoms. The van der Waals surface area contributed by atoms with Crippen LogP contribution in [0.5, 0.6) is 0 Å². The van der Waals surface area contributed by atoms with E-state index in [0.29, 0.717) is 0 Å². The quantitative estimate of drug-likeness (QED) is 0.376. The Morgan fingerprint density at radius 2 is 1.72 bits per heavy atom. The number of anilines is 1. The minimum absolute atomic E-state index is 0. The number of aromatic nitrogens is 3. The highest BCUT2D eigenvalue weighted by Crippen LogP contribution is 2.23. The van der Waals surface area contributed by atoms with Crippen LogP contribution in [0.1, 0.15) is 35.1 Å². The third kappa shape index (κ3) is 5.72. The average Bonchev–Trinajstić information content (AvgIpc) is 3.31. The molecular formula is C24H33N5O2S. The van der Waals surface area contributed by atoms with Gasteiger partial charge in [-0.15, -0.1) is 0 Å². The lowest BCUT2D eigenvalue weighted by Crippen LogP contribution is -2.17. The monoisotopic (exact) mass is 455 g/mol. The van der Waals surface area contributed by atoms with Crippen LogP contribution in [-0.4, -0.2) is 31.7 Å². The van der Waals surface area contributed by atoms with Gasteiger partial charge in [-0.05, 0) is 74.6 Å². The van der Waals surface area contributed by atoms with Gasteiger partial charge >= 0.3 is 0 Å². The number of hydrogen-bond donors (Lipinski definition) is 2. The first kappa shape index (κ1) is 25.5. The van der Waals surface area contributed by atoms with Gasteiger partial charge in [-0.2, -0.15) is 9.47 Å². The van der Waals surface area contributed by atoms with E-state index in [-0.39, 0.29) is 11.0 Å². The molecule has 7 nitrogen and oxygen atoms in total. The smallest absolute Gasteiger partial charge is 0.0811 e. The van der Waals surface area contributed by atoms with E-state index in [1.54, 1.807) is 11.5 Å². The number of nitrogens with zero attached hydrogens (tertiary/aromatic N) is 3. The summed E-state index contributed by atoms with van der Waals surface area (Å²) in [6.07, 6.45) is 1.01. The number of benzene rings is 2. The Labute approximate surface area is 193 Å². The number of nitrogens with one attached hydrogen (secondary N) is 2. The summed E-state index contributed by atoms with van der Waals surface area (Å²) < 4.78 is 7.91. The van der Waals surface area contributed by atoms with E-state index in [2.05, 4.69) is 94.1 Å². The average molecular weight is 456 g/mol. The van der Waals surface area contributed by atoms with E-state index in [9.17, 15) is 0 Å². The molecular weight excluding hydrogens is 422 g/mol. The molecule has 4 rings (SSSR count). The molecule has 172 valence electrons. The highest BCUT2D eigenvalue weighted by atomic mass is 32.1. The van der Waals surface area contributed by atoms with Crippen LogP contribution in [-0.2, 0) is 26.1 Å². The summed E-state index contributed by atoms with van der Waals surface area (Å²) in [7, 11) is 0. The van der Waals surface area contributed by atoms with Crippen molar-refractivity contribution in [2.45, 2.75) is 46.8 Å². The zero-order chi connectivity index (χ0) is 20.9. The topological polar surface area (TPSA) is 118 Å². The van der Waals surface area contributed by atoms with Gasteiger partial charge in [-0.1, -0.05) is 30.3 Å². The van der Waals surface area contributed by atoms with E-state index in [1.165, 1.54) is 26.9 Å².